The number of carbonyl (C=O) groups is 1. The molecule has 1 fully saturated rings. The molecule has 140 valence electrons. The lowest BCUT2D eigenvalue weighted by Gasteiger charge is -2.26. The molecule has 0 bridgehead atoms. The van der Waals surface area contributed by atoms with Crippen LogP contribution in [-0.4, -0.2) is 75.0 Å². The molecule has 1 rings (SSSR count). The van der Waals surface area contributed by atoms with E-state index >= 15 is 0 Å². The quantitative estimate of drug-likeness (QED) is 0.380. The molecule has 1 amide bonds. The van der Waals surface area contributed by atoms with Crippen LogP contribution >= 0.6 is 0 Å². The van der Waals surface area contributed by atoms with E-state index in [1.807, 2.05) is 21.1 Å². The van der Waals surface area contributed by atoms with Crippen molar-refractivity contribution in [2.24, 2.45) is 10.9 Å². The lowest BCUT2D eigenvalue weighted by Crippen LogP contribution is -2.44. The third kappa shape index (κ3) is 6.67. The summed E-state index contributed by atoms with van der Waals surface area (Å²) in [4.78, 5) is 20.5. The third-order valence-electron chi connectivity index (χ3n) is 4.94. The number of likely N-dealkylation sites (tertiary alicyclic amines) is 1. The lowest BCUT2D eigenvalue weighted by molar-refractivity contribution is -0.133. The monoisotopic (exact) mass is 339 g/mol. The van der Waals surface area contributed by atoms with Crippen LogP contribution in [0.4, 0.5) is 0 Å². The van der Waals surface area contributed by atoms with Crippen molar-refractivity contribution in [3.63, 3.8) is 0 Å². The van der Waals surface area contributed by atoms with E-state index in [2.05, 4.69) is 34.4 Å². The molecule has 6 heteroatoms. The molecule has 6 nitrogen and oxygen atoms in total. The van der Waals surface area contributed by atoms with E-state index in [1.165, 1.54) is 12.8 Å². The molecule has 0 aromatic rings. The molecule has 1 aliphatic rings. The molecule has 0 radical (unpaired) electrons. The van der Waals surface area contributed by atoms with Gasteiger partial charge in [0.05, 0.1) is 6.04 Å². The van der Waals surface area contributed by atoms with Crippen molar-refractivity contribution in [2.75, 3.05) is 47.3 Å². The summed E-state index contributed by atoms with van der Waals surface area (Å²) in [5, 5.41) is 6.79. The van der Waals surface area contributed by atoms with Crippen molar-refractivity contribution in [3.8, 4) is 0 Å². The third-order valence-corrected chi connectivity index (χ3v) is 4.94. The van der Waals surface area contributed by atoms with Gasteiger partial charge < -0.3 is 15.5 Å². The maximum atomic E-state index is 12.2. The summed E-state index contributed by atoms with van der Waals surface area (Å²) in [6.07, 6.45) is 5.51. The molecular weight excluding hydrogens is 302 g/mol. The first-order valence-corrected chi connectivity index (χ1v) is 9.43. The Labute approximate surface area is 148 Å². The van der Waals surface area contributed by atoms with Gasteiger partial charge in [-0.15, -0.1) is 0 Å². The van der Waals surface area contributed by atoms with E-state index in [-0.39, 0.29) is 11.9 Å². The molecule has 0 saturated carbocycles. The molecular formula is C18H37N5O. The largest absolute Gasteiger partial charge is 0.356 e. The summed E-state index contributed by atoms with van der Waals surface area (Å²) < 4.78 is 0. The Morgan fingerprint density at radius 2 is 2.00 bits per heavy atom. The molecule has 1 unspecified atom stereocenters. The Balaban J connectivity index is 2.27. The van der Waals surface area contributed by atoms with E-state index in [0.717, 1.165) is 51.4 Å². The Hall–Kier alpha value is -1.30. The van der Waals surface area contributed by atoms with Crippen LogP contribution < -0.4 is 10.6 Å². The minimum Gasteiger partial charge on any atom is -0.356 e. The van der Waals surface area contributed by atoms with Crippen LogP contribution in [0.25, 0.3) is 0 Å². The highest BCUT2D eigenvalue weighted by molar-refractivity contribution is 5.81. The highest BCUT2D eigenvalue weighted by Crippen LogP contribution is 2.18. The standard InChI is InChI=1S/C18H37N5O/c1-6-15(7-2)14-21-18(19-3)20-11-9-13-23-12-8-10-16(23)17(24)22(4)5/h15-16H,6-14H2,1-5H3,(H2,19,20,21). The normalized spacial score (nSPS) is 18.9. The van der Waals surface area contributed by atoms with Gasteiger partial charge in [-0.1, -0.05) is 26.7 Å². The summed E-state index contributed by atoms with van der Waals surface area (Å²) in [6, 6.07) is 0.0762. The van der Waals surface area contributed by atoms with Crippen LogP contribution in [-0.2, 0) is 4.79 Å². The Kier molecular flexibility index (Phi) is 9.76. The molecule has 0 aromatic carbocycles. The van der Waals surface area contributed by atoms with E-state index < -0.39 is 0 Å². The maximum absolute atomic E-state index is 12.2. The molecule has 0 spiro atoms. The highest BCUT2D eigenvalue weighted by Gasteiger charge is 2.30. The van der Waals surface area contributed by atoms with Gasteiger partial charge in [-0.2, -0.15) is 0 Å². The molecule has 1 aliphatic heterocycles. The number of hydrogen-bond acceptors (Lipinski definition) is 3. The summed E-state index contributed by atoms with van der Waals surface area (Å²) in [5.41, 5.74) is 0. The van der Waals surface area contributed by atoms with E-state index in [4.69, 9.17) is 0 Å². The number of amides is 1. The fourth-order valence-corrected chi connectivity index (χ4v) is 3.20. The average Bonchev–Trinajstić information content (AvgIpc) is 3.04. The molecule has 24 heavy (non-hydrogen) atoms. The second kappa shape index (κ2) is 11.3. The molecule has 1 atom stereocenters. The molecule has 0 aromatic heterocycles. The van der Waals surface area contributed by atoms with Gasteiger partial charge in [0.2, 0.25) is 5.91 Å². The lowest BCUT2D eigenvalue weighted by atomic mass is 10.0. The van der Waals surface area contributed by atoms with Gasteiger partial charge in [0.15, 0.2) is 5.96 Å². The van der Waals surface area contributed by atoms with Crippen LogP contribution in [0.15, 0.2) is 4.99 Å². The summed E-state index contributed by atoms with van der Waals surface area (Å²) in [5.74, 6) is 1.82. The Morgan fingerprint density at radius 1 is 1.29 bits per heavy atom. The summed E-state index contributed by atoms with van der Waals surface area (Å²) >= 11 is 0. The Morgan fingerprint density at radius 3 is 2.58 bits per heavy atom. The van der Waals surface area contributed by atoms with Crippen LogP contribution in [0.2, 0.25) is 0 Å². The number of nitrogens with zero attached hydrogens (tertiary/aromatic N) is 3. The predicted molar refractivity (Wildman–Crippen MR) is 101 cm³/mol. The van der Waals surface area contributed by atoms with Crippen molar-refractivity contribution >= 4 is 11.9 Å². The fraction of sp³-hybridized carbons (Fsp3) is 0.889. The van der Waals surface area contributed by atoms with Gasteiger partial charge >= 0.3 is 0 Å². The number of likely N-dealkylation sites (N-methyl/N-ethyl adjacent to an activating group) is 1. The zero-order valence-electron chi connectivity index (χ0n) is 16.3. The van der Waals surface area contributed by atoms with Crippen molar-refractivity contribution in [1.29, 1.82) is 0 Å². The molecule has 2 N–H and O–H groups in total. The number of aliphatic imine (C=N–C) groups is 1. The maximum Gasteiger partial charge on any atom is 0.239 e. The topological polar surface area (TPSA) is 60.0 Å². The first kappa shape index (κ1) is 20.7. The van der Waals surface area contributed by atoms with Crippen LogP contribution in [0, 0.1) is 5.92 Å². The summed E-state index contributed by atoms with van der Waals surface area (Å²) in [7, 11) is 5.50. The van der Waals surface area contributed by atoms with Crippen molar-refractivity contribution in [3.05, 3.63) is 0 Å². The number of guanidine groups is 1. The first-order valence-electron chi connectivity index (χ1n) is 9.43. The number of rotatable bonds is 9. The van der Waals surface area contributed by atoms with E-state index in [0.29, 0.717) is 5.92 Å². The highest BCUT2D eigenvalue weighted by atomic mass is 16.2. The SMILES string of the molecule is CCC(CC)CNC(=NC)NCCCN1CCCC1C(=O)N(C)C. The number of carbonyl (C=O) groups excluding carboxylic acids is 1. The van der Waals surface area contributed by atoms with Crippen LogP contribution in [0.3, 0.4) is 0 Å². The predicted octanol–water partition coefficient (Wildman–Crippen LogP) is 1.53. The van der Waals surface area contributed by atoms with Gasteiger partial charge in [-0.05, 0) is 31.7 Å². The first-order chi connectivity index (χ1) is 11.5. The van der Waals surface area contributed by atoms with Crippen molar-refractivity contribution in [1.82, 2.24) is 20.4 Å². The van der Waals surface area contributed by atoms with Crippen molar-refractivity contribution < 1.29 is 4.79 Å². The Bertz CT molecular complexity index is 393. The second-order valence-corrected chi connectivity index (χ2v) is 6.84. The number of nitrogens with one attached hydrogen (secondary N) is 2. The molecule has 1 saturated heterocycles. The van der Waals surface area contributed by atoms with Gasteiger partial charge in [0.1, 0.15) is 0 Å². The van der Waals surface area contributed by atoms with E-state index in [1.54, 1.807) is 4.90 Å². The zero-order chi connectivity index (χ0) is 17.9. The molecule has 0 aliphatic carbocycles. The molecule has 1 heterocycles. The summed E-state index contributed by atoms with van der Waals surface area (Å²) in [6.45, 7) is 8.30. The fourth-order valence-electron chi connectivity index (χ4n) is 3.20. The second-order valence-electron chi connectivity index (χ2n) is 6.84. The smallest absolute Gasteiger partial charge is 0.239 e. The minimum absolute atomic E-state index is 0.0762. The number of hydrogen-bond donors (Lipinski definition) is 2. The average molecular weight is 340 g/mol. The van der Waals surface area contributed by atoms with E-state index in [9.17, 15) is 4.79 Å². The zero-order valence-corrected chi connectivity index (χ0v) is 16.3. The van der Waals surface area contributed by atoms with Gasteiger partial charge in [-0.25, -0.2) is 0 Å². The van der Waals surface area contributed by atoms with Gasteiger partial charge in [-0.3, -0.25) is 14.7 Å². The van der Waals surface area contributed by atoms with Crippen LogP contribution in [0.1, 0.15) is 46.0 Å². The van der Waals surface area contributed by atoms with Gasteiger partial charge in [0, 0.05) is 40.8 Å². The minimum atomic E-state index is 0.0762. The van der Waals surface area contributed by atoms with Gasteiger partial charge in [0.25, 0.3) is 0 Å². The van der Waals surface area contributed by atoms with Crippen molar-refractivity contribution in [2.45, 2.75) is 52.0 Å². The van der Waals surface area contributed by atoms with Crippen LogP contribution in [0.5, 0.6) is 0 Å².